The fourth-order valence-corrected chi connectivity index (χ4v) is 5.72. The summed E-state index contributed by atoms with van der Waals surface area (Å²) in [4.78, 5) is 10.8. The maximum absolute atomic E-state index is 5.39. The van der Waals surface area contributed by atoms with Crippen LogP contribution in [0.25, 0.3) is 44.1 Å². The van der Waals surface area contributed by atoms with Gasteiger partial charge >= 0.3 is 21.1 Å². The van der Waals surface area contributed by atoms with Crippen molar-refractivity contribution in [2.75, 3.05) is 0 Å². The Morgan fingerprint density at radius 1 is 0.500 bits per heavy atom. The second kappa shape index (κ2) is 11.7. The molecule has 0 aliphatic carbocycles. The van der Waals surface area contributed by atoms with Gasteiger partial charge in [0.05, 0.1) is 0 Å². The zero-order valence-corrected chi connectivity index (χ0v) is 29.2. The molecule has 0 atom stereocenters. The topological polar surface area (TPSA) is 25.8 Å². The Balaban J connectivity index is 0.00000384. The quantitative estimate of drug-likeness (QED) is 0.168. The van der Waals surface area contributed by atoms with Crippen LogP contribution >= 0.6 is 0 Å². The Bertz CT molecular complexity index is 1830. The zero-order valence-electron chi connectivity index (χ0n) is 26.9. The second-order valence-electron chi connectivity index (χ2n) is 14.3. The van der Waals surface area contributed by atoms with E-state index in [1.807, 2.05) is 12.1 Å². The van der Waals surface area contributed by atoms with Crippen LogP contribution in [0.3, 0.4) is 0 Å². The number of nitrogens with zero attached hydrogens (tertiary/aromatic N) is 2. The van der Waals surface area contributed by atoms with Gasteiger partial charge in [-0.2, -0.15) is 0 Å². The second-order valence-corrected chi connectivity index (χ2v) is 14.3. The van der Waals surface area contributed by atoms with Crippen LogP contribution in [0.2, 0.25) is 0 Å². The van der Waals surface area contributed by atoms with Crippen molar-refractivity contribution in [3.8, 4) is 22.5 Å². The first kappa shape index (κ1) is 31.8. The monoisotopic (exact) mass is 755 g/mol. The molecule has 0 amide bonds. The summed E-state index contributed by atoms with van der Waals surface area (Å²) in [5, 5.41) is 4.59. The summed E-state index contributed by atoms with van der Waals surface area (Å²) in [5.74, 6) is 0. The van der Waals surface area contributed by atoms with Gasteiger partial charge in [-0.15, -0.1) is 70.8 Å². The van der Waals surface area contributed by atoms with E-state index in [4.69, 9.17) is 9.97 Å². The standard InChI is InChI=1S/C41H40N2.Pt/c1-39(2,3)31-19-13-17-29(23-31)37-33-21-11-9-15-27(33)25-35(42-37)41(7,8)36-26-28-16-10-12-22-34(28)38(43-36)30-18-14-20-32(24-30)40(4,5)6;/h9-16,19-26H,1-8H3;/q-2;+2. The third kappa shape index (κ3) is 6.02. The van der Waals surface area contributed by atoms with Crippen LogP contribution in [0, 0.1) is 12.1 Å². The van der Waals surface area contributed by atoms with E-state index >= 15 is 0 Å². The van der Waals surface area contributed by atoms with Crippen molar-refractivity contribution in [1.82, 2.24) is 9.97 Å². The molecule has 0 radical (unpaired) electrons. The van der Waals surface area contributed by atoms with E-state index < -0.39 is 5.41 Å². The molecule has 2 heterocycles. The predicted molar refractivity (Wildman–Crippen MR) is 182 cm³/mol. The Labute approximate surface area is 277 Å². The van der Waals surface area contributed by atoms with Gasteiger partial charge < -0.3 is 0 Å². The minimum absolute atomic E-state index is 0. The van der Waals surface area contributed by atoms with Gasteiger partial charge in [0, 0.05) is 16.8 Å². The molecule has 0 saturated carbocycles. The molecule has 0 fully saturated rings. The molecular formula is C41H40N2Pt. The van der Waals surface area contributed by atoms with E-state index in [9.17, 15) is 0 Å². The number of fused-ring (bicyclic) bond motifs is 2. The summed E-state index contributed by atoms with van der Waals surface area (Å²) in [6.45, 7) is 17.9. The van der Waals surface area contributed by atoms with Crippen LogP contribution in [0.15, 0.2) is 97.1 Å². The summed E-state index contributed by atoms with van der Waals surface area (Å²) in [5.41, 5.74) is 8.04. The third-order valence-electron chi connectivity index (χ3n) is 8.61. The van der Waals surface area contributed by atoms with Crippen LogP contribution in [0.5, 0.6) is 0 Å². The van der Waals surface area contributed by atoms with E-state index in [0.717, 1.165) is 55.4 Å². The average molecular weight is 756 g/mol. The molecule has 44 heavy (non-hydrogen) atoms. The summed E-state index contributed by atoms with van der Waals surface area (Å²) >= 11 is 0. The van der Waals surface area contributed by atoms with Crippen molar-refractivity contribution < 1.29 is 21.1 Å². The van der Waals surface area contributed by atoms with E-state index in [2.05, 4.69) is 152 Å². The van der Waals surface area contributed by atoms with Gasteiger partial charge in [-0.05, 0) is 69.7 Å². The molecule has 0 N–H and O–H groups in total. The SMILES string of the molecule is CC(C)(C)c1cc[c-]c(-c2nc(C(C)(C)c3cc4ccccc4c(-c4[c-]ccc(C(C)(C)C)c4)n3)cc3ccccc23)c1.[Pt+2]. The molecule has 0 saturated heterocycles. The van der Waals surface area contributed by atoms with E-state index in [1.165, 1.54) is 11.1 Å². The number of benzene rings is 4. The van der Waals surface area contributed by atoms with Crippen LogP contribution in [0.4, 0.5) is 0 Å². The van der Waals surface area contributed by atoms with Crippen molar-refractivity contribution >= 4 is 21.5 Å². The van der Waals surface area contributed by atoms with Gasteiger partial charge in [0.1, 0.15) is 0 Å². The molecule has 0 unspecified atom stereocenters. The fraction of sp³-hybridized carbons (Fsp3) is 0.268. The van der Waals surface area contributed by atoms with Gasteiger partial charge in [0.25, 0.3) is 0 Å². The Morgan fingerprint density at radius 3 is 1.27 bits per heavy atom. The molecule has 2 nitrogen and oxygen atoms in total. The number of rotatable bonds is 4. The minimum atomic E-state index is -0.471. The third-order valence-corrected chi connectivity index (χ3v) is 8.61. The molecule has 0 aliphatic heterocycles. The summed E-state index contributed by atoms with van der Waals surface area (Å²) in [7, 11) is 0. The normalized spacial score (nSPS) is 12.4. The largest absolute Gasteiger partial charge is 2.00 e. The van der Waals surface area contributed by atoms with Crippen molar-refractivity contribution in [1.29, 1.82) is 0 Å². The Hall–Kier alpha value is -3.61. The molecule has 224 valence electrons. The van der Waals surface area contributed by atoms with Crippen LogP contribution in [-0.2, 0) is 37.3 Å². The Morgan fingerprint density at radius 2 is 0.886 bits per heavy atom. The van der Waals surface area contributed by atoms with Gasteiger partial charge in [-0.25, -0.2) is 0 Å². The zero-order chi connectivity index (χ0) is 30.6. The Kier molecular flexibility index (Phi) is 8.47. The number of pyridine rings is 2. The van der Waals surface area contributed by atoms with E-state index in [1.54, 1.807) is 0 Å². The summed E-state index contributed by atoms with van der Waals surface area (Å²) < 4.78 is 0. The molecule has 0 aliphatic rings. The molecule has 0 bridgehead atoms. The molecule has 3 heteroatoms. The first-order valence-corrected chi connectivity index (χ1v) is 15.2. The van der Waals surface area contributed by atoms with E-state index in [0.29, 0.717) is 0 Å². The van der Waals surface area contributed by atoms with Gasteiger partial charge in [0.2, 0.25) is 0 Å². The maximum Gasteiger partial charge on any atom is 2.00 e. The van der Waals surface area contributed by atoms with Crippen molar-refractivity contribution in [3.63, 3.8) is 0 Å². The van der Waals surface area contributed by atoms with Crippen molar-refractivity contribution in [3.05, 3.63) is 132 Å². The number of aromatic nitrogens is 2. The van der Waals surface area contributed by atoms with E-state index in [-0.39, 0.29) is 31.9 Å². The van der Waals surface area contributed by atoms with Crippen LogP contribution in [-0.4, -0.2) is 9.97 Å². The number of hydrogen-bond acceptors (Lipinski definition) is 2. The molecule has 6 aromatic rings. The first-order valence-electron chi connectivity index (χ1n) is 15.2. The predicted octanol–water partition coefficient (Wildman–Crippen LogP) is 10.6. The fourth-order valence-electron chi connectivity index (χ4n) is 5.72. The van der Waals surface area contributed by atoms with Gasteiger partial charge in [-0.1, -0.05) is 90.1 Å². The molecule has 2 aromatic heterocycles. The van der Waals surface area contributed by atoms with Crippen molar-refractivity contribution in [2.24, 2.45) is 0 Å². The maximum atomic E-state index is 5.39. The minimum Gasteiger partial charge on any atom is -0.300 e. The van der Waals surface area contributed by atoms with Crippen LogP contribution < -0.4 is 0 Å². The summed E-state index contributed by atoms with van der Waals surface area (Å²) in [6.07, 6.45) is 0. The van der Waals surface area contributed by atoms with Gasteiger partial charge in [-0.3, -0.25) is 9.97 Å². The molecule has 0 spiro atoms. The average Bonchev–Trinajstić information content (AvgIpc) is 2.99. The van der Waals surface area contributed by atoms with Gasteiger partial charge in [0.15, 0.2) is 0 Å². The first-order chi connectivity index (χ1) is 20.3. The summed E-state index contributed by atoms with van der Waals surface area (Å²) in [6, 6.07) is 41.4. The van der Waals surface area contributed by atoms with Crippen LogP contribution in [0.1, 0.15) is 77.9 Å². The molecule has 6 rings (SSSR count). The number of hydrogen-bond donors (Lipinski definition) is 0. The molecular weight excluding hydrogens is 716 g/mol. The van der Waals surface area contributed by atoms with Crippen molar-refractivity contribution in [2.45, 2.75) is 71.6 Å². The molecule has 4 aromatic carbocycles. The smallest absolute Gasteiger partial charge is 0.300 e.